The highest BCUT2D eigenvalue weighted by Gasteiger charge is 2.32. The topological polar surface area (TPSA) is 79.1 Å². The number of epoxide rings is 2. The molecule has 0 aliphatic carbocycles. The van der Waals surface area contributed by atoms with Crippen LogP contribution in [0.3, 0.4) is 0 Å². The smallest absolute Gasteiger partial charge is 0.162 e. The number of rotatable bonds is 26. The van der Waals surface area contributed by atoms with Crippen molar-refractivity contribution >= 4 is 10.8 Å². The summed E-state index contributed by atoms with van der Waals surface area (Å²) in [5.74, 6) is 2.64. The highest BCUT2D eigenvalue weighted by Crippen LogP contribution is 2.49. The maximum atomic E-state index is 13.9. The third-order valence-corrected chi connectivity index (χ3v) is 10.4. The molecular formula is C38H56O7S. The minimum Gasteiger partial charge on any atom is -0.490 e. The second kappa shape index (κ2) is 18.9. The normalized spacial score (nSPS) is 19.0. The molecule has 2 saturated heterocycles. The monoisotopic (exact) mass is 656 g/mol. The zero-order valence-corrected chi connectivity index (χ0v) is 29.1. The van der Waals surface area contributed by atoms with Crippen molar-refractivity contribution in [3.63, 3.8) is 0 Å². The fraction of sp³-hybridized carbons (Fsp3) is 0.684. The molecule has 0 aromatic heterocycles. The van der Waals surface area contributed by atoms with Crippen LogP contribution in [0.5, 0.6) is 23.0 Å². The van der Waals surface area contributed by atoms with E-state index < -0.39 is 10.8 Å². The summed E-state index contributed by atoms with van der Waals surface area (Å²) in [4.78, 5) is 1.49. The van der Waals surface area contributed by atoms with Gasteiger partial charge < -0.3 is 28.4 Å². The predicted molar refractivity (Wildman–Crippen MR) is 183 cm³/mol. The second-order valence-corrected chi connectivity index (χ2v) is 14.5. The fourth-order valence-electron chi connectivity index (χ4n) is 5.91. The van der Waals surface area contributed by atoms with Gasteiger partial charge in [0.05, 0.1) is 47.0 Å². The number of benzene rings is 2. The summed E-state index contributed by atoms with van der Waals surface area (Å²) >= 11 is 0. The molecule has 0 bridgehead atoms. The van der Waals surface area contributed by atoms with E-state index >= 15 is 0 Å². The molecule has 0 saturated carbocycles. The maximum Gasteiger partial charge on any atom is 0.162 e. The molecule has 2 aromatic rings. The molecule has 3 aliphatic heterocycles. The van der Waals surface area contributed by atoms with Crippen LogP contribution in [-0.4, -0.2) is 56.1 Å². The zero-order chi connectivity index (χ0) is 32.0. The molecule has 3 heterocycles. The van der Waals surface area contributed by atoms with Gasteiger partial charge in [0.25, 0.3) is 0 Å². The van der Waals surface area contributed by atoms with Crippen LogP contribution in [0.15, 0.2) is 34.1 Å². The molecule has 0 N–H and O–H groups in total. The molecule has 0 amide bonds. The minimum atomic E-state index is -1.36. The molecule has 3 aliphatic rings. The first-order chi connectivity index (χ1) is 22.7. The largest absolute Gasteiger partial charge is 0.490 e. The lowest BCUT2D eigenvalue weighted by atomic mass is 10.0. The van der Waals surface area contributed by atoms with Crippen LogP contribution < -0.4 is 18.9 Å². The van der Waals surface area contributed by atoms with Crippen molar-refractivity contribution < 1.29 is 32.6 Å². The van der Waals surface area contributed by atoms with Crippen LogP contribution in [0, 0.1) is 0 Å². The lowest BCUT2D eigenvalue weighted by Gasteiger charge is -2.15. The molecule has 256 valence electrons. The summed E-state index contributed by atoms with van der Waals surface area (Å²) in [6, 6.07) is 7.80. The Bertz CT molecular complexity index is 1150. The molecular weight excluding hydrogens is 600 g/mol. The van der Waals surface area contributed by atoms with E-state index in [1.807, 2.05) is 24.3 Å². The average molecular weight is 657 g/mol. The molecule has 2 fully saturated rings. The highest BCUT2D eigenvalue weighted by molar-refractivity contribution is 7.85. The van der Waals surface area contributed by atoms with Gasteiger partial charge in [-0.15, -0.1) is 0 Å². The first-order valence-corrected chi connectivity index (χ1v) is 19.4. The molecule has 2 unspecified atom stereocenters. The van der Waals surface area contributed by atoms with Crippen molar-refractivity contribution in [2.24, 2.45) is 0 Å². The molecule has 0 radical (unpaired) electrons. The maximum absolute atomic E-state index is 13.9. The van der Waals surface area contributed by atoms with Crippen LogP contribution in [0.25, 0.3) is 11.1 Å². The Kier molecular flexibility index (Phi) is 14.4. The van der Waals surface area contributed by atoms with Crippen molar-refractivity contribution in [1.82, 2.24) is 0 Å². The first kappa shape index (κ1) is 35.0. The average Bonchev–Trinajstić information content (AvgIpc) is 4.01. The summed E-state index contributed by atoms with van der Waals surface area (Å²) in [6.45, 7) is 8.13. The Hall–Kier alpha value is -2.29. The predicted octanol–water partition coefficient (Wildman–Crippen LogP) is 9.43. The van der Waals surface area contributed by atoms with Crippen molar-refractivity contribution in [3.05, 3.63) is 24.3 Å². The second-order valence-electron chi connectivity index (χ2n) is 13.0. The van der Waals surface area contributed by atoms with Gasteiger partial charge in [-0.3, -0.25) is 0 Å². The Morgan fingerprint density at radius 1 is 0.543 bits per heavy atom. The number of hydrogen-bond acceptors (Lipinski definition) is 7. The van der Waals surface area contributed by atoms with Crippen LogP contribution in [-0.2, 0) is 20.3 Å². The summed E-state index contributed by atoms with van der Waals surface area (Å²) in [6.07, 6.45) is 20.1. The van der Waals surface area contributed by atoms with Gasteiger partial charge in [0.1, 0.15) is 25.4 Å². The summed E-state index contributed by atoms with van der Waals surface area (Å²) < 4.78 is 49.6. The van der Waals surface area contributed by atoms with Gasteiger partial charge in [-0.05, 0) is 25.0 Å². The van der Waals surface area contributed by atoms with E-state index in [9.17, 15) is 4.21 Å². The Balaban J connectivity index is 1.23. The van der Waals surface area contributed by atoms with Crippen molar-refractivity contribution in [2.45, 2.75) is 139 Å². The molecule has 2 aromatic carbocycles. The molecule has 8 heteroatoms. The Labute approximate surface area is 279 Å². The van der Waals surface area contributed by atoms with Crippen LogP contribution in [0.4, 0.5) is 0 Å². The Morgan fingerprint density at radius 3 is 1.26 bits per heavy atom. The molecule has 2 atom stereocenters. The molecule has 7 nitrogen and oxygen atoms in total. The van der Waals surface area contributed by atoms with E-state index in [1.54, 1.807) is 0 Å². The quantitative estimate of drug-likeness (QED) is 0.0629. The van der Waals surface area contributed by atoms with Crippen LogP contribution in [0.2, 0.25) is 0 Å². The summed E-state index contributed by atoms with van der Waals surface area (Å²) in [7, 11) is -1.36. The van der Waals surface area contributed by atoms with Gasteiger partial charge >= 0.3 is 0 Å². The fourth-order valence-corrected chi connectivity index (χ4v) is 7.31. The molecule has 5 rings (SSSR count). The van der Waals surface area contributed by atoms with Gasteiger partial charge in [-0.25, -0.2) is 4.21 Å². The van der Waals surface area contributed by atoms with Crippen molar-refractivity contribution in [3.8, 4) is 34.1 Å². The lowest BCUT2D eigenvalue weighted by Crippen LogP contribution is -2.07. The summed E-state index contributed by atoms with van der Waals surface area (Å²) in [5, 5.41) is 0. The van der Waals surface area contributed by atoms with Gasteiger partial charge in [-0.2, -0.15) is 0 Å². The lowest BCUT2D eigenvalue weighted by molar-refractivity contribution is 0.238. The minimum absolute atomic E-state index is 0.126. The number of hydrogen-bond donors (Lipinski definition) is 0. The first-order valence-electron chi connectivity index (χ1n) is 18.2. The van der Waals surface area contributed by atoms with E-state index in [1.165, 1.54) is 77.0 Å². The van der Waals surface area contributed by atoms with E-state index in [4.69, 9.17) is 28.4 Å². The van der Waals surface area contributed by atoms with Crippen molar-refractivity contribution in [1.29, 1.82) is 0 Å². The van der Waals surface area contributed by atoms with Crippen molar-refractivity contribution in [2.75, 3.05) is 39.6 Å². The Morgan fingerprint density at radius 2 is 0.891 bits per heavy atom. The molecule has 0 spiro atoms. The summed E-state index contributed by atoms with van der Waals surface area (Å²) in [5.41, 5.74) is 1.78. The van der Waals surface area contributed by atoms with Crippen LogP contribution in [0.1, 0.15) is 117 Å². The molecule has 46 heavy (non-hydrogen) atoms. The van der Waals surface area contributed by atoms with Gasteiger partial charge in [0, 0.05) is 23.3 Å². The van der Waals surface area contributed by atoms with Gasteiger partial charge in [0.15, 0.2) is 23.0 Å². The van der Waals surface area contributed by atoms with E-state index in [2.05, 4.69) is 13.8 Å². The van der Waals surface area contributed by atoms with Gasteiger partial charge in [0.2, 0.25) is 0 Å². The van der Waals surface area contributed by atoms with Gasteiger partial charge in [-0.1, -0.05) is 104 Å². The van der Waals surface area contributed by atoms with E-state index in [0.29, 0.717) is 49.4 Å². The highest BCUT2D eigenvalue weighted by atomic mass is 32.2. The van der Waals surface area contributed by atoms with E-state index in [0.717, 1.165) is 59.8 Å². The zero-order valence-electron chi connectivity index (χ0n) is 28.3. The van der Waals surface area contributed by atoms with E-state index in [-0.39, 0.29) is 12.2 Å². The third kappa shape index (κ3) is 10.9. The standard InChI is InChI=1S/C38H56O7S/c1-3-5-7-9-11-13-15-17-19-40-35-23-37-31(21-33(35)44-27-29-25-42-29)32-22-34(45-28-30-26-43-30)36(24-38(32)46(37)39)41-20-18-16-14-12-10-8-6-4-2/h21-24,29-30H,3-20,25-28H2,1-2H3. The number of ether oxygens (including phenoxy) is 6. The van der Waals surface area contributed by atoms with Crippen LogP contribution >= 0.6 is 0 Å². The number of unbranched alkanes of at least 4 members (excludes halogenated alkanes) is 14. The SMILES string of the molecule is CCCCCCCCCCOc1cc2c(cc1OCC1CO1)-c1cc(OCC3CO3)c(OCCCCCCCCCC)cc1S2=O. The third-order valence-electron chi connectivity index (χ3n) is 8.95. The number of fused-ring (bicyclic) bond motifs is 3.